The number of halogens is 1. The number of thiophene rings is 1. The van der Waals surface area contributed by atoms with E-state index in [0.29, 0.717) is 10.6 Å². The minimum absolute atomic E-state index is 0.0408. The SMILES string of the molecule is O=C(Cc1cccs1)NCC(c1cccnc1)S(=O)(=O)c1ccc(Cl)cc1. The van der Waals surface area contributed by atoms with E-state index in [0.717, 1.165) is 4.88 Å². The minimum Gasteiger partial charge on any atom is -0.354 e. The molecule has 3 aromatic rings. The van der Waals surface area contributed by atoms with Gasteiger partial charge in [0.05, 0.1) is 11.3 Å². The van der Waals surface area contributed by atoms with Crippen molar-refractivity contribution < 1.29 is 13.2 Å². The lowest BCUT2D eigenvalue weighted by atomic mass is 10.2. The molecule has 1 unspecified atom stereocenters. The summed E-state index contributed by atoms with van der Waals surface area (Å²) in [6.45, 7) is -0.0408. The molecule has 1 aromatic carbocycles. The lowest BCUT2D eigenvalue weighted by Crippen LogP contribution is -2.32. The van der Waals surface area contributed by atoms with E-state index in [1.165, 1.54) is 41.8 Å². The molecule has 0 bridgehead atoms. The minimum atomic E-state index is -3.74. The molecule has 0 saturated heterocycles. The van der Waals surface area contributed by atoms with Crippen LogP contribution in [0.3, 0.4) is 0 Å². The molecule has 0 aliphatic heterocycles. The van der Waals surface area contributed by atoms with Crippen LogP contribution in [0.4, 0.5) is 0 Å². The molecule has 5 nitrogen and oxygen atoms in total. The summed E-state index contributed by atoms with van der Waals surface area (Å²) in [6, 6.07) is 13.1. The fourth-order valence-corrected chi connectivity index (χ4v) is 5.08. The first-order valence-electron chi connectivity index (χ1n) is 8.15. The monoisotopic (exact) mass is 420 g/mol. The normalized spacial score (nSPS) is 12.5. The molecule has 0 aliphatic rings. The fourth-order valence-electron chi connectivity index (χ4n) is 2.60. The van der Waals surface area contributed by atoms with Gasteiger partial charge < -0.3 is 5.32 Å². The summed E-state index contributed by atoms with van der Waals surface area (Å²) in [6.07, 6.45) is 3.30. The van der Waals surface area contributed by atoms with E-state index >= 15 is 0 Å². The number of sulfone groups is 1. The van der Waals surface area contributed by atoms with Crippen LogP contribution >= 0.6 is 22.9 Å². The molecule has 2 heterocycles. The largest absolute Gasteiger partial charge is 0.354 e. The van der Waals surface area contributed by atoms with Gasteiger partial charge in [0.25, 0.3) is 0 Å². The van der Waals surface area contributed by atoms with Crippen LogP contribution in [0.25, 0.3) is 0 Å². The van der Waals surface area contributed by atoms with Gasteiger partial charge >= 0.3 is 0 Å². The number of pyridine rings is 1. The predicted molar refractivity (Wildman–Crippen MR) is 107 cm³/mol. The molecule has 0 saturated carbocycles. The molecule has 3 rings (SSSR count). The molecule has 0 aliphatic carbocycles. The highest BCUT2D eigenvalue weighted by Crippen LogP contribution is 2.29. The predicted octanol–water partition coefficient (Wildman–Crippen LogP) is 3.67. The summed E-state index contributed by atoms with van der Waals surface area (Å²) < 4.78 is 26.3. The highest BCUT2D eigenvalue weighted by atomic mass is 35.5. The lowest BCUT2D eigenvalue weighted by molar-refractivity contribution is -0.120. The number of hydrogen-bond donors (Lipinski definition) is 1. The summed E-state index contributed by atoms with van der Waals surface area (Å²) in [5.74, 6) is -0.224. The molecule has 1 N–H and O–H groups in total. The summed E-state index contributed by atoms with van der Waals surface area (Å²) in [7, 11) is -3.74. The maximum Gasteiger partial charge on any atom is 0.225 e. The Balaban J connectivity index is 1.83. The molecular formula is C19H17ClN2O3S2. The van der Waals surface area contributed by atoms with E-state index in [9.17, 15) is 13.2 Å². The Morgan fingerprint density at radius 2 is 1.93 bits per heavy atom. The maximum atomic E-state index is 13.2. The number of aromatic nitrogens is 1. The summed E-state index contributed by atoms with van der Waals surface area (Å²) in [5, 5.41) is 4.15. The zero-order chi connectivity index (χ0) is 19.3. The number of carbonyl (C=O) groups is 1. The van der Waals surface area contributed by atoms with Crippen LogP contribution < -0.4 is 5.32 Å². The van der Waals surface area contributed by atoms with Crippen LogP contribution in [0, 0.1) is 0 Å². The van der Waals surface area contributed by atoms with Gasteiger partial charge in [-0.3, -0.25) is 9.78 Å². The first kappa shape index (κ1) is 19.5. The van der Waals surface area contributed by atoms with Crippen molar-refractivity contribution >= 4 is 38.7 Å². The van der Waals surface area contributed by atoms with E-state index in [1.807, 2.05) is 17.5 Å². The Kier molecular flexibility index (Phi) is 6.26. The highest BCUT2D eigenvalue weighted by Gasteiger charge is 2.29. The van der Waals surface area contributed by atoms with E-state index in [4.69, 9.17) is 11.6 Å². The zero-order valence-electron chi connectivity index (χ0n) is 14.2. The second-order valence-electron chi connectivity index (χ2n) is 5.83. The van der Waals surface area contributed by atoms with Gasteiger partial charge in [-0.2, -0.15) is 0 Å². The van der Waals surface area contributed by atoms with Crippen LogP contribution in [0.5, 0.6) is 0 Å². The van der Waals surface area contributed by atoms with Crippen LogP contribution in [0.15, 0.2) is 71.2 Å². The summed E-state index contributed by atoms with van der Waals surface area (Å²) in [5.41, 5.74) is 0.517. The maximum absolute atomic E-state index is 13.2. The molecule has 0 spiro atoms. The Bertz CT molecular complexity index is 989. The standard InChI is InChI=1S/C19H17ClN2O3S2/c20-15-5-7-17(8-6-15)27(24,25)18(14-3-1-9-21-12-14)13-22-19(23)11-16-4-2-10-26-16/h1-10,12,18H,11,13H2,(H,22,23). The smallest absolute Gasteiger partial charge is 0.225 e. The van der Waals surface area contributed by atoms with E-state index in [2.05, 4.69) is 10.3 Å². The van der Waals surface area contributed by atoms with Gasteiger partial charge in [-0.15, -0.1) is 11.3 Å². The van der Waals surface area contributed by atoms with Crippen molar-refractivity contribution in [1.82, 2.24) is 10.3 Å². The second-order valence-corrected chi connectivity index (χ2v) is 9.43. The quantitative estimate of drug-likeness (QED) is 0.632. The van der Waals surface area contributed by atoms with Crippen LogP contribution in [0.1, 0.15) is 15.7 Å². The van der Waals surface area contributed by atoms with E-state index in [-0.39, 0.29) is 23.8 Å². The average Bonchev–Trinajstić information content (AvgIpc) is 3.16. The van der Waals surface area contributed by atoms with Crippen LogP contribution in [0.2, 0.25) is 5.02 Å². The summed E-state index contributed by atoms with van der Waals surface area (Å²) in [4.78, 5) is 17.3. The van der Waals surface area contributed by atoms with E-state index in [1.54, 1.807) is 18.3 Å². The van der Waals surface area contributed by atoms with Gasteiger partial charge in [-0.05, 0) is 47.3 Å². The molecule has 1 amide bonds. The van der Waals surface area contributed by atoms with Crippen molar-refractivity contribution in [2.75, 3.05) is 6.54 Å². The molecule has 0 radical (unpaired) electrons. The number of hydrogen-bond acceptors (Lipinski definition) is 5. The molecule has 140 valence electrons. The first-order valence-corrected chi connectivity index (χ1v) is 11.0. The Morgan fingerprint density at radius 3 is 2.56 bits per heavy atom. The summed E-state index contributed by atoms with van der Waals surface area (Å²) >= 11 is 7.35. The van der Waals surface area contributed by atoms with Crippen molar-refractivity contribution in [2.45, 2.75) is 16.6 Å². The number of amides is 1. The topological polar surface area (TPSA) is 76.1 Å². The molecule has 8 heteroatoms. The van der Waals surface area contributed by atoms with E-state index < -0.39 is 15.1 Å². The number of rotatable bonds is 7. The average molecular weight is 421 g/mol. The Hall–Kier alpha value is -2.22. The number of nitrogens with one attached hydrogen (secondary N) is 1. The van der Waals surface area contributed by atoms with Gasteiger partial charge in [-0.25, -0.2) is 8.42 Å². The van der Waals surface area contributed by atoms with Crippen molar-refractivity contribution in [3.8, 4) is 0 Å². The van der Waals surface area contributed by atoms with Gasteiger partial charge in [0.1, 0.15) is 5.25 Å². The van der Waals surface area contributed by atoms with Crippen molar-refractivity contribution in [2.24, 2.45) is 0 Å². The fraction of sp³-hybridized carbons (Fsp3) is 0.158. The molecule has 0 fully saturated rings. The highest BCUT2D eigenvalue weighted by molar-refractivity contribution is 7.91. The van der Waals surface area contributed by atoms with Gasteiger partial charge in [-0.1, -0.05) is 23.7 Å². The molecular weight excluding hydrogens is 404 g/mol. The zero-order valence-corrected chi connectivity index (χ0v) is 16.6. The van der Waals surface area contributed by atoms with Gasteiger partial charge in [0.15, 0.2) is 9.84 Å². The van der Waals surface area contributed by atoms with Crippen molar-refractivity contribution in [3.05, 3.63) is 81.8 Å². The second kappa shape index (κ2) is 8.65. The van der Waals surface area contributed by atoms with Crippen LogP contribution in [-0.2, 0) is 21.1 Å². The first-order chi connectivity index (χ1) is 13.0. The third kappa shape index (κ3) is 4.94. The molecule has 2 aromatic heterocycles. The van der Waals surface area contributed by atoms with Crippen molar-refractivity contribution in [3.63, 3.8) is 0 Å². The third-order valence-corrected chi connectivity index (χ3v) is 7.22. The number of nitrogens with zero attached hydrogens (tertiary/aromatic N) is 1. The number of carbonyl (C=O) groups excluding carboxylic acids is 1. The van der Waals surface area contributed by atoms with Crippen LogP contribution in [-0.4, -0.2) is 25.9 Å². The molecule has 27 heavy (non-hydrogen) atoms. The van der Waals surface area contributed by atoms with Gasteiger partial charge in [0, 0.05) is 28.8 Å². The Labute approximate surface area is 167 Å². The van der Waals surface area contributed by atoms with Gasteiger partial charge in [0.2, 0.25) is 5.91 Å². The van der Waals surface area contributed by atoms with Crippen molar-refractivity contribution in [1.29, 1.82) is 0 Å². The Morgan fingerprint density at radius 1 is 1.15 bits per heavy atom. The lowest BCUT2D eigenvalue weighted by Gasteiger charge is -2.19. The molecule has 1 atom stereocenters. The third-order valence-electron chi connectivity index (χ3n) is 3.97. The number of benzene rings is 1.